The number of thiophene rings is 1. The van der Waals surface area contributed by atoms with Crippen molar-refractivity contribution >= 4 is 58.0 Å². The van der Waals surface area contributed by atoms with Crippen LogP contribution in [-0.2, 0) is 22.4 Å². The molecule has 5 N–H and O–H groups in total. The molecule has 1 aliphatic carbocycles. The van der Waals surface area contributed by atoms with Crippen molar-refractivity contribution in [2.45, 2.75) is 50.0 Å². The van der Waals surface area contributed by atoms with Crippen molar-refractivity contribution in [1.82, 2.24) is 0 Å². The molecular weight excluding hydrogens is 561 g/mol. The van der Waals surface area contributed by atoms with Crippen molar-refractivity contribution < 1.29 is 29.6 Å². The van der Waals surface area contributed by atoms with Gasteiger partial charge in [0.25, 0.3) is 0 Å². The molecule has 1 aliphatic rings. The lowest BCUT2D eigenvalue weighted by Crippen LogP contribution is -2.39. The Labute approximate surface area is 235 Å². The average Bonchev–Trinajstić information content (AvgIpc) is 3.41. The Morgan fingerprint density at radius 1 is 1.05 bits per heavy atom. The lowest BCUT2D eigenvalue weighted by molar-refractivity contribution is -0.123. The maximum atomic E-state index is 12.5. The molecule has 1 aromatic heterocycles. The minimum atomic E-state index is -1.31. The summed E-state index contributed by atoms with van der Waals surface area (Å²) in [7, 11) is 0. The van der Waals surface area contributed by atoms with Crippen molar-refractivity contribution in [2.75, 3.05) is 19.8 Å². The maximum absolute atomic E-state index is 12.5. The number of aliphatic hydroxyl groups is 3. The predicted octanol–water partition coefficient (Wildman–Crippen LogP) is 4.23. The van der Waals surface area contributed by atoms with E-state index in [-0.39, 0.29) is 30.2 Å². The van der Waals surface area contributed by atoms with E-state index >= 15 is 0 Å². The van der Waals surface area contributed by atoms with E-state index in [4.69, 9.17) is 45.3 Å². The molecule has 11 heteroatoms. The van der Waals surface area contributed by atoms with E-state index in [1.807, 2.05) is 18.2 Å². The van der Waals surface area contributed by atoms with Gasteiger partial charge in [-0.2, -0.15) is 0 Å². The zero-order valence-electron chi connectivity index (χ0n) is 20.2. The van der Waals surface area contributed by atoms with Gasteiger partial charge in [-0.15, -0.1) is 22.9 Å². The highest BCUT2D eigenvalue weighted by Crippen LogP contribution is 2.42. The Bertz CT molecular complexity index is 1060. The number of rotatable bonds is 13. The van der Waals surface area contributed by atoms with Gasteiger partial charge in [0, 0.05) is 26.7 Å². The summed E-state index contributed by atoms with van der Waals surface area (Å²) in [4.78, 5) is 25.2. The number of benzene rings is 1. The van der Waals surface area contributed by atoms with Crippen LogP contribution in [0.5, 0.6) is 0 Å². The summed E-state index contributed by atoms with van der Waals surface area (Å²) in [5, 5.41) is 30.8. The molecule has 0 saturated heterocycles. The monoisotopic (exact) mass is 591 g/mol. The van der Waals surface area contributed by atoms with Crippen LogP contribution in [0.4, 0.5) is 0 Å². The molecule has 0 aliphatic heterocycles. The molecule has 37 heavy (non-hydrogen) atoms. The summed E-state index contributed by atoms with van der Waals surface area (Å²) in [6.07, 6.45) is 2.70. The molecule has 1 fully saturated rings. The topological polar surface area (TPSA) is 130 Å². The molecule has 7 nitrogen and oxygen atoms in total. The fourth-order valence-electron chi connectivity index (χ4n) is 4.92. The Kier molecular flexibility index (Phi) is 11.1. The second-order valence-corrected chi connectivity index (χ2v) is 12.4. The van der Waals surface area contributed by atoms with Crippen molar-refractivity contribution in [3.8, 4) is 0 Å². The van der Waals surface area contributed by atoms with E-state index in [9.17, 15) is 24.9 Å². The van der Waals surface area contributed by atoms with E-state index in [1.54, 1.807) is 12.1 Å². The highest BCUT2D eigenvalue weighted by Gasteiger charge is 2.40. The Morgan fingerprint density at radius 2 is 1.70 bits per heavy atom. The summed E-state index contributed by atoms with van der Waals surface area (Å²) in [6.45, 7) is -1.43. The number of primary amides is 1. The third-order valence-corrected chi connectivity index (χ3v) is 9.04. The van der Waals surface area contributed by atoms with Crippen molar-refractivity contribution in [3.63, 3.8) is 0 Å². The maximum Gasteiger partial charge on any atom is 0.348 e. The number of carbonyl (C=O) groups excluding carboxylic acids is 2. The molecule has 0 bridgehead atoms. The van der Waals surface area contributed by atoms with E-state index in [2.05, 4.69) is 0 Å². The lowest BCUT2D eigenvalue weighted by atomic mass is 9.85. The van der Waals surface area contributed by atoms with Gasteiger partial charge in [0.2, 0.25) is 5.91 Å². The number of hydrogen-bond donors (Lipinski definition) is 4. The molecule has 204 valence electrons. The van der Waals surface area contributed by atoms with Crippen LogP contribution in [0.1, 0.15) is 45.8 Å². The zero-order chi connectivity index (χ0) is 27.2. The normalized spacial score (nSPS) is 21.8. The van der Waals surface area contributed by atoms with E-state index in [1.165, 1.54) is 11.3 Å². The third-order valence-electron chi connectivity index (χ3n) is 6.98. The van der Waals surface area contributed by atoms with Crippen LogP contribution in [0.3, 0.4) is 0 Å². The minimum Gasteiger partial charge on any atom is -0.461 e. The first kappa shape index (κ1) is 30.2. The van der Waals surface area contributed by atoms with E-state index in [0.717, 1.165) is 29.7 Å². The van der Waals surface area contributed by atoms with Crippen LogP contribution in [0.2, 0.25) is 10.0 Å². The van der Waals surface area contributed by atoms with Gasteiger partial charge in [0.15, 0.2) is 0 Å². The van der Waals surface area contributed by atoms with Gasteiger partial charge >= 0.3 is 5.97 Å². The van der Waals surface area contributed by atoms with Crippen LogP contribution in [-0.4, -0.2) is 58.5 Å². The van der Waals surface area contributed by atoms with Gasteiger partial charge < -0.3 is 25.8 Å². The Morgan fingerprint density at radius 3 is 2.32 bits per heavy atom. The second-order valence-electron chi connectivity index (χ2n) is 9.80. The number of hydrogen-bond acceptors (Lipinski definition) is 7. The second kappa shape index (κ2) is 13.6. The van der Waals surface area contributed by atoms with E-state index in [0.29, 0.717) is 27.8 Å². The zero-order valence-corrected chi connectivity index (χ0v) is 23.3. The molecule has 0 unspecified atom stereocenters. The van der Waals surface area contributed by atoms with Gasteiger partial charge in [-0.1, -0.05) is 23.2 Å². The third kappa shape index (κ3) is 8.30. The Hall–Kier alpha value is -1.39. The van der Waals surface area contributed by atoms with Crippen LogP contribution in [0.25, 0.3) is 0 Å². The standard InChI is InChI=1S/C26H32Cl3NO6S/c27-16-7-15(8-17(28)9-16)1-4-20-19(21(29)10-22(20)33)5-2-18-3-6-23(37-18)25(35)36-14-26(12-31,13-32)11-24(30)34/h3,6-9,19-22,31-33H,1-2,4-5,10-14H2,(H2,30,34)/t19-,20-,21-,22-/m1/s1. The minimum absolute atomic E-state index is 0.0417. The fourth-order valence-corrected chi connectivity index (χ4v) is 6.90. The molecule has 0 radical (unpaired) electrons. The first-order chi connectivity index (χ1) is 17.6. The number of ether oxygens (including phenoxy) is 1. The van der Waals surface area contributed by atoms with Crippen molar-refractivity contribution in [2.24, 2.45) is 23.0 Å². The number of halogens is 3. The molecule has 1 aromatic carbocycles. The van der Waals surface area contributed by atoms with Crippen LogP contribution in [0, 0.1) is 17.3 Å². The lowest BCUT2D eigenvalue weighted by Gasteiger charge is -2.27. The molecule has 2 aromatic rings. The fraction of sp³-hybridized carbons (Fsp3) is 0.538. The number of aryl methyl sites for hydroxylation is 2. The molecule has 3 rings (SSSR count). The first-order valence-electron chi connectivity index (χ1n) is 12.1. The van der Waals surface area contributed by atoms with Gasteiger partial charge in [-0.25, -0.2) is 4.79 Å². The van der Waals surface area contributed by atoms with Gasteiger partial charge in [-0.3, -0.25) is 4.79 Å². The summed E-state index contributed by atoms with van der Waals surface area (Å²) in [6, 6.07) is 8.97. The van der Waals surface area contributed by atoms with Crippen LogP contribution < -0.4 is 5.73 Å². The predicted molar refractivity (Wildman–Crippen MR) is 145 cm³/mol. The molecule has 4 atom stereocenters. The molecular formula is C26H32Cl3NO6S. The quantitative estimate of drug-likeness (QED) is 0.203. The van der Waals surface area contributed by atoms with Gasteiger partial charge in [0.05, 0.1) is 24.7 Å². The number of esters is 1. The van der Waals surface area contributed by atoms with Gasteiger partial charge in [-0.05, 0) is 79.8 Å². The molecule has 1 amide bonds. The van der Waals surface area contributed by atoms with Crippen LogP contribution in [0.15, 0.2) is 30.3 Å². The number of aliphatic hydroxyl groups excluding tert-OH is 3. The summed E-state index contributed by atoms with van der Waals surface area (Å²) >= 11 is 20.2. The smallest absolute Gasteiger partial charge is 0.348 e. The summed E-state index contributed by atoms with van der Waals surface area (Å²) in [5.41, 5.74) is 4.89. The summed E-state index contributed by atoms with van der Waals surface area (Å²) < 4.78 is 5.28. The number of nitrogens with two attached hydrogens (primary N) is 1. The average molecular weight is 593 g/mol. The largest absolute Gasteiger partial charge is 0.461 e. The number of carbonyl (C=O) groups is 2. The highest BCUT2D eigenvalue weighted by molar-refractivity contribution is 7.13. The van der Waals surface area contributed by atoms with Gasteiger partial charge in [0.1, 0.15) is 11.5 Å². The highest BCUT2D eigenvalue weighted by atomic mass is 35.5. The number of amides is 1. The van der Waals surface area contributed by atoms with E-state index < -0.39 is 36.6 Å². The molecule has 1 heterocycles. The first-order valence-corrected chi connectivity index (χ1v) is 14.1. The molecule has 0 spiro atoms. The van der Waals surface area contributed by atoms with Crippen LogP contribution >= 0.6 is 46.1 Å². The van der Waals surface area contributed by atoms with Crippen molar-refractivity contribution in [3.05, 3.63) is 55.7 Å². The SMILES string of the molecule is NC(=O)CC(CO)(CO)COC(=O)c1ccc(CC[C@@H]2[C@@H](CCc3cc(Cl)cc(Cl)c3)[C@H](O)C[C@H]2Cl)s1. The van der Waals surface area contributed by atoms with Crippen molar-refractivity contribution in [1.29, 1.82) is 0 Å². The number of alkyl halides is 1. The molecule has 1 saturated carbocycles. The Balaban J connectivity index is 1.56. The summed E-state index contributed by atoms with van der Waals surface area (Å²) in [5.74, 6) is -1.15.